The summed E-state index contributed by atoms with van der Waals surface area (Å²) in [6.07, 6.45) is 3.51. The zero-order chi connectivity index (χ0) is 20.4. The molecule has 0 heterocycles. The molecule has 0 fully saturated rings. The van der Waals surface area contributed by atoms with Crippen molar-refractivity contribution >= 4 is 5.97 Å². The minimum absolute atomic E-state index is 0.0244. The second kappa shape index (κ2) is 10.9. The number of allylic oxidation sites excluding steroid dienone is 1. The Kier molecular flexibility index (Phi) is 8.21. The number of hydrogen-bond acceptors (Lipinski definition) is 5. The smallest absolute Gasteiger partial charge is 0.370 e. The molecule has 2 aromatic rings. The standard InChI is InChI=1S/C22H26O6/c1-3-27-20(22(24)25)6-4-5-17-9-12-19(21(15-17)26-2)28-14-13-16-7-10-18(23)11-8-16/h6-12,15,23H,3-5,13-14H2,1-2H3,(H,24,25)/b20-6-. The highest BCUT2D eigenvalue weighted by Crippen LogP contribution is 2.29. The Morgan fingerprint density at radius 2 is 1.75 bits per heavy atom. The molecular formula is C22H26O6. The molecule has 2 aromatic carbocycles. The molecule has 0 aliphatic heterocycles. The van der Waals surface area contributed by atoms with E-state index in [-0.39, 0.29) is 11.5 Å². The Balaban J connectivity index is 1.92. The molecule has 0 aliphatic rings. The van der Waals surface area contributed by atoms with E-state index < -0.39 is 5.97 Å². The third kappa shape index (κ3) is 6.54. The predicted octanol–water partition coefficient (Wildman–Crippen LogP) is 3.96. The number of ether oxygens (including phenoxy) is 3. The molecule has 0 unspecified atom stereocenters. The van der Waals surface area contributed by atoms with Gasteiger partial charge >= 0.3 is 5.97 Å². The van der Waals surface area contributed by atoms with Gasteiger partial charge in [-0.3, -0.25) is 0 Å². The highest BCUT2D eigenvalue weighted by atomic mass is 16.5. The van der Waals surface area contributed by atoms with E-state index in [0.29, 0.717) is 44.0 Å². The topological polar surface area (TPSA) is 85.2 Å². The quantitative estimate of drug-likeness (QED) is 0.449. The van der Waals surface area contributed by atoms with E-state index in [1.807, 2.05) is 30.3 Å². The second-order valence-corrected chi connectivity index (χ2v) is 6.10. The van der Waals surface area contributed by atoms with E-state index in [1.165, 1.54) is 0 Å². The molecule has 0 saturated carbocycles. The number of phenolic OH excluding ortho intramolecular Hbond substituents is 1. The minimum Gasteiger partial charge on any atom is -0.508 e. The fourth-order valence-corrected chi connectivity index (χ4v) is 2.66. The largest absolute Gasteiger partial charge is 0.508 e. The number of phenols is 1. The molecule has 0 atom stereocenters. The van der Waals surface area contributed by atoms with Crippen LogP contribution in [0, 0.1) is 0 Å². The van der Waals surface area contributed by atoms with Gasteiger partial charge in [0.1, 0.15) is 5.75 Å². The van der Waals surface area contributed by atoms with Gasteiger partial charge in [0.15, 0.2) is 17.3 Å². The first-order chi connectivity index (χ1) is 13.5. The molecule has 0 spiro atoms. The van der Waals surface area contributed by atoms with Crippen LogP contribution in [0.25, 0.3) is 0 Å². The molecule has 0 amide bonds. The first-order valence-corrected chi connectivity index (χ1v) is 9.17. The van der Waals surface area contributed by atoms with Crippen LogP contribution < -0.4 is 9.47 Å². The second-order valence-electron chi connectivity index (χ2n) is 6.10. The van der Waals surface area contributed by atoms with E-state index in [0.717, 1.165) is 11.1 Å². The van der Waals surface area contributed by atoms with Gasteiger partial charge in [0.05, 0.1) is 20.3 Å². The number of carboxylic acid groups (broad SMARTS) is 1. The molecule has 150 valence electrons. The summed E-state index contributed by atoms with van der Waals surface area (Å²) >= 11 is 0. The number of carboxylic acids is 1. The lowest BCUT2D eigenvalue weighted by atomic mass is 10.1. The summed E-state index contributed by atoms with van der Waals surface area (Å²) in [6.45, 7) is 2.56. The average molecular weight is 386 g/mol. The summed E-state index contributed by atoms with van der Waals surface area (Å²) < 4.78 is 16.3. The first-order valence-electron chi connectivity index (χ1n) is 9.17. The number of hydrogen-bond donors (Lipinski definition) is 2. The van der Waals surface area contributed by atoms with Crippen molar-refractivity contribution in [3.63, 3.8) is 0 Å². The van der Waals surface area contributed by atoms with Crippen LogP contribution >= 0.6 is 0 Å². The number of methoxy groups -OCH3 is 1. The third-order valence-electron chi connectivity index (χ3n) is 4.09. The van der Waals surface area contributed by atoms with Crippen molar-refractivity contribution in [1.82, 2.24) is 0 Å². The molecular weight excluding hydrogens is 360 g/mol. The first kappa shape index (κ1) is 21.2. The van der Waals surface area contributed by atoms with Crippen LogP contribution in [-0.4, -0.2) is 36.5 Å². The maximum atomic E-state index is 11.1. The van der Waals surface area contributed by atoms with Crippen LogP contribution in [0.4, 0.5) is 0 Å². The maximum absolute atomic E-state index is 11.1. The van der Waals surface area contributed by atoms with Crippen molar-refractivity contribution in [1.29, 1.82) is 0 Å². The molecule has 6 heteroatoms. The Labute approximate surface area is 165 Å². The monoisotopic (exact) mass is 386 g/mol. The van der Waals surface area contributed by atoms with Gasteiger partial charge in [0.25, 0.3) is 0 Å². The molecule has 28 heavy (non-hydrogen) atoms. The third-order valence-corrected chi connectivity index (χ3v) is 4.09. The highest BCUT2D eigenvalue weighted by Gasteiger charge is 2.09. The van der Waals surface area contributed by atoms with Crippen molar-refractivity contribution in [3.8, 4) is 17.2 Å². The van der Waals surface area contributed by atoms with Gasteiger partial charge in [-0.1, -0.05) is 18.2 Å². The van der Waals surface area contributed by atoms with Gasteiger partial charge in [-0.2, -0.15) is 0 Å². The van der Waals surface area contributed by atoms with Crippen molar-refractivity contribution in [2.45, 2.75) is 26.2 Å². The lowest BCUT2D eigenvalue weighted by Crippen LogP contribution is -2.05. The maximum Gasteiger partial charge on any atom is 0.370 e. The molecule has 2 N–H and O–H groups in total. The van der Waals surface area contributed by atoms with Crippen molar-refractivity contribution in [3.05, 3.63) is 65.4 Å². The van der Waals surface area contributed by atoms with Gasteiger partial charge in [-0.05, 0) is 61.2 Å². The van der Waals surface area contributed by atoms with Crippen LogP contribution in [-0.2, 0) is 22.4 Å². The number of rotatable bonds is 11. The predicted molar refractivity (Wildman–Crippen MR) is 106 cm³/mol. The molecule has 0 aliphatic carbocycles. The van der Waals surface area contributed by atoms with Crippen LogP contribution in [0.2, 0.25) is 0 Å². The Morgan fingerprint density at radius 1 is 1.04 bits per heavy atom. The zero-order valence-electron chi connectivity index (χ0n) is 16.2. The molecule has 0 radical (unpaired) electrons. The normalized spacial score (nSPS) is 11.1. The van der Waals surface area contributed by atoms with E-state index in [2.05, 4.69) is 0 Å². The fraction of sp³-hybridized carbons (Fsp3) is 0.318. The molecule has 6 nitrogen and oxygen atoms in total. The fourth-order valence-electron chi connectivity index (χ4n) is 2.66. The molecule has 0 aromatic heterocycles. The summed E-state index contributed by atoms with van der Waals surface area (Å²) in [5.41, 5.74) is 2.09. The van der Waals surface area contributed by atoms with Gasteiger partial charge in [-0.15, -0.1) is 0 Å². The molecule has 0 bridgehead atoms. The Bertz CT molecular complexity index is 795. The lowest BCUT2D eigenvalue weighted by molar-refractivity contribution is -0.136. The van der Waals surface area contributed by atoms with Gasteiger partial charge in [0.2, 0.25) is 0 Å². The minimum atomic E-state index is -1.06. The number of carbonyl (C=O) groups is 1. The number of benzene rings is 2. The van der Waals surface area contributed by atoms with Crippen LogP contribution in [0.5, 0.6) is 17.2 Å². The van der Waals surface area contributed by atoms with Crippen molar-refractivity contribution < 1.29 is 29.2 Å². The lowest BCUT2D eigenvalue weighted by Gasteiger charge is -2.12. The van der Waals surface area contributed by atoms with E-state index in [9.17, 15) is 9.90 Å². The summed E-state index contributed by atoms with van der Waals surface area (Å²) in [7, 11) is 1.59. The highest BCUT2D eigenvalue weighted by molar-refractivity contribution is 5.84. The van der Waals surface area contributed by atoms with Crippen LogP contribution in [0.1, 0.15) is 24.5 Å². The summed E-state index contributed by atoms with van der Waals surface area (Å²) in [6, 6.07) is 12.7. The summed E-state index contributed by atoms with van der Waals surface area (Å²) in [5, 5.41) is 18.4. The van der Waals surface area contributed by atoms with E-state index >= 15 is 0 Å². The Morgan fingerprint density at radius 3 is 2.39 bits per heavy atom. The number of aromatic hydroxyl groups is 1. The Hall–Kier alpha value is -3.15. The average Bonchev–Trinajstić information content (AvgIpc) is 2.69. The zero-order valence-corrected chi connectivity index (χ0v) is 16.2. The molecule has 0 saturated heterocycles. The summed E-state index contributed by atoms with van der Waals surface area (Å²) in [4.78, 5) is 11.1. The van der Waals surface area contributed by atoms with Gasteiger partial charge in [-0.25, -0.2) is 4.79 Å². The number of aryl methyl sites for hydroxylation is 1. The van der Waals surface area contributed by atoms with E-state index in [1.54, 1.807) is 32.2 Å². The molecule has 2 rings (SSSR count). The SMILES string of the molecule is CCO/C(=C\CCc1ccc(OCCc2ccc(O)cc2)c(OC)c1)C(=O)O. The van der Waals surface area contributed by atoms with Crippen LogP contribution in [0.15, 0.2) is 54.3 Å². The van der Waals surface area contributed by atoms with Crippen molar-refractivity contribution in [2.24, 2.45) is 0 Å². The summed E-state index contributed by atoms with van der Waals surface area (Å²) in [5.74, 6) is 0.450. The van der Waals surface area contributed by atoms with Crippen LogP contribution in [0.3, 0.4) is 0 Å². The van der Waals surface area contributed by atoms with Gasteiger partial charge < -0.3 is 24.4 Å². The number of aliphatic carboxylic acids is 1. The van der Waals surface area contributed by atoms with E-state index in [4.69, 9.17) is 19.3 Å². The van der Waals surface area contributed by atoms with Gasteiger partial charge in [0, 0.05) is 6.42 Å². The van der Waals surface area contributed by atoms with Crippen molar-refractivity contribution in [2.75, 3.05) is 20.3 Å².